The van der Waals surface area contributed by atoms with E-state index in [2.05, 4.69) is 4.72 Å². The van der Waals surface area contributed by atoms with E-state index in [0.29, 0.717) is 12.0 Å². The van der Waals surface area contributed by atoms with E-state index in [9.17, 15) is 22.4 Å². The third-order valence-electron chi connectivity index (χ3n) is 3.97. The van der Waals surface area contributed by atoms with Crippen LogP contribution in [0.25, 0.3) is 0 Å². The summed E-state index contributed by atoms with van der Waals surface area (Å²) in [6.45, 7) is 0.0790. The lowest BCUT2D eigenvalue weighted by molar-refractivity contribution is 0.0693. The molecule has 8 heteroatoms. The SMILES string of the molecule is CN1C(=O)c2ccc(S(=O)(=O)NCCc3cccc(F)c3)cc2C1=O. The first kappa shape index (κ1) is 17.2. The van der Waals surface area contributed by atoms with Crippen LogP contribution < -0.4 is 4.72 Å². The van der Waals surface area contributed by atoms with E-state index in [0.717, 1.165) is 4.90 Å². The average molecular weight is 362 g/mol. The van der Waals surface area contributed by atoms with Gasteiger partial charge in [-0.05, 0) is 42.3 Å². The molecule has 0 spiro atoms. The molecule has 1 aliphatic rings. The van der Waals surface area contributed by atoms with Crippen molar-refractivity contribution in [3.05, 3.63) is 65.0 Å². The number of rotatable bonds is 5. The van der Waals surface area contributed by atoms with E-state index < -0.39 is 21.8 Å². The van der Waals surface area contributed by atoms with Crippen LogP contribution in [0.1, 0.15) is 26.3 Å². The van der Waals surface area contributed by atoms with Gasteiger partial charge in [0, 0.05) is 13.6 Å². The molecule has 2 amide bonds. The number of halogens is 1. The first-order valence-electron chi connectivity index (χ1n) is 7.50. The third kappa shape index (κ3) is 3.31. The molecule has 0 unspecified atom stereocenters. The minimum absolute atomic E-state index is 0.0699. The molecule has 0 aliphatic carbocycles. The molecule has 1 aliphatic heterocycles. The van der Waals surface area contributed by atoms with Crippen LogP contribution >= 0.6 is 0 Å². The molecule has 1 N–H and O–H groups in total. The molecule has 1 heterocycles. The molecule has 25 heavy (non-hydrogen) atoms. The van der Waals surface area contributed by atoms with E-state index in [1.807, 2.05) is 0 Å². The topological polar surface area (TPSA) is 83.6 Å². The fraction of sp³-hybridized carbons (Fsp3) is 0.176. The van der Waals surface area contributed by atoms with Crippen molar-refractivity contribution in [3.63, 3.8) is 0 Å². The van der Waals surface area contributed by atoms with Crippen LogP contribution in [0.5, 0.6) is 0 Å². The van der Waals surface area contributed by atoms with E-state index in [1.54, 1.807) is 12.1 Å². The number of carbonyl (C=O) groups is 2. The molecule has 2 aromatic rings. The summed E-state index contributed by atoms with van der Waals surface area (Å²) in [6.07, 6.45) is 0.322. The summed E-state index contributed by atoms with van der Waals surface area (Å²) in [4.78, 5) is 24.7. The fourth-order valence-electron chi connectivity index (χ4n) is 2.61. The summed E-state index contributed by atoms with van der Waals surface area (Å²) in [7, 11) is -2.50. The Morgan fingerprint density at radius 3 is 2.48 bits per heavy atom. The molecular formula is C17H15FN2O4S. The molecule has 0 fully saturated rings. The van der Waals surface area contributed by atoms with Gasteiger partial charge in [-0.2, -0.15) is 0 Å². The molecule has 0 aromatic heterocycles. The van der Waals surface area contributed by atoms with Gasteiger partial charge in [0.15, 0.2) is 0 Å². The number of nitrogens with zero attached hydrogens (tertiary/aromatic N) is 1. The van der Waals surface area contributed by atoms with Crippen molar-refractivity contribution in [2.75, 3.05) is 13.6 Å². The lowest BCUT2D eigenvalue weighted by Crippen LogP contribution is -2.26. The molecule has 0 bridgehead atoms. The van der Waals surface area contributed by atoms with Crippen molar-refractivity contribution in [2.45, 2.75) is 11.3 Å². The van der Waals surface area contributed by atoms with Gasteiger partial charge >= 0.3 is 0 Å². The maximum Gasteiger partial charge on any atom is 0.261 e. The Morgan fingerprint density at radius 1 is 1.04 bits per heavy atom. The Morgan fingerprint density at radius 2 is 1.76 bits per heavy atom. The lowest BCUT2D eigenvalue weighted by atomic mass is 10.1. The van der Waals surface area contributed by atoms with Gasteiger partial charge in [0.2, 0.25) is 10.0 Å². The number of sulfonamides is 1. The Hall–Kier alpha value is -2.58. The van der Waals surface area contributed by atoms with Gasteiger partial charge < -0.3 is 0 Å². The smallest absolute Gasteiger partial charge is 0.261 e. The number of amides is 2. The molecule has 6 nitrogen and oxygen atoms in total. The predicted molar refractivity (Wildman–Crippen MR) is 88.2 cm³/mol. The van der Waals surface area contributed by atoms with Gasteiger partial charge in [0.1, 0.15) is 5.82 Å². The number of carbonyl (C=O) groups excluding carboxylic acids is 2. The third-order valence-corrected chi connectivity index (χ3v) is 5.42. The second-order valence-corrected chi connectivity index (χ2v) is 7.42. The number of imide groups is 1. The van der Waals surface area contributed by atoms with E-state index in [1.165, 1.54) is 37.4 Å². The largest absolute Gasteiger partial charge is 0.277 e. The van der Waals surface area contributed by atoms with Gasteiger partial charge in [-0.3, -0.25) is 14.5 Å². The second kappa shape index (κ2) is 6.38. The Bertz CT molecular complexity index is 972. The number of fused-ring (bicyclic) bond motifs is 1. The van der Waals surface area contributed by atoms with E-state index >= 15 is 0 Å². The molecule has 0 saturated carbocycles. The number of nitrogens with one attached hydrogen (secondary N) is 1. The van der Waals surface area contributed by atoms with Gasteiger partial charge in [-0.1, -0.05) is 12.1 Å². The van der Waals surface area contributed by atoms with Crippen LogP contribution in [0.15, 0.2) is 47.4 Å². The summed E-state index contributed by atoms with van der Waals surface area (Å²) >= 11 is 0. The summed E-state index contributed by atoms with van der Waals surface area (Å²) in [5, 5.41) is 0. The maximum atomic E-state index is 13.1. The Kier molecular flexibility index (Phi) is 4.40. The second-order valence-electron chi connectivity index (χ2n) is 5.65. The minimum atomic E-state index is -3.85. The fourth-order valence-corrected chi connectivity index (χ4v) is 3.67. The Labute approximate surface area is 144 Å². The first-order chi connectivity index (χ1) is 11.8. The highest BCUT2D eigenvalue weighted by molar-refractivity contribution is 7.89. The zero-order valence-electron chi connectivity index (χ0n) is 13.3. The average Bonchev–Trinajstić information content (AvgIpc) is 2.79. The minimum Gasteiger partial charge on any atom is -0.277 e. The van der Waals surface area contributed by atoms with Crippen LogP contribution in [0.3, 0.4) is 0 Å². The molecule has 2 aromatic carbocycles. The highest BCUT2D eigenvalue weighted by Gasteiger charge is 2.33. The van der Waals surface area contributed by atoms with E-state index in [-0.39, 0.29) is 28.4 Å². The van der Waals surface area contributed by atoms with Crippen LogP contribution in [-0.4, -0.2) is 38.7 Å². The van der Waals surface area contributed by atoms with Crippen molar-refractivity contribution in [3.8, 4) is 0 Å². The van der Waals surface area contributed by atoms with Crippen LogP contribution in [0, 0.1) is 5.82 Å². The summed E-state index contributed by atoms with van der Waals surface area (Å²) in [6, 6.07) is 9.72. The molecule has 0 atom stereocenters. The molecule has 0 saturated heterocycles. The number of benzene rings is 2. The quantitative estimate of drug-likeness (QED) is 0.819. The number of hydrogen-bond acceptors (Lipinski definition) is 4. The summed E-state index contributed by atoms with van der Waals surface area (Å²) in [5.41, 5.74) is 0.922. The van der Waals surface area contributed by atoms with Crippen molar-refractivity contribution in [1.29, 1.82) is 0 Å². The van der Waals surface area contributed by atoms with Gasteiger partial charge in [-0.15, -0.1) is 0 Å². The summed E-state index contributed by atoms with van der Waals surface area (Å²) in [5.74, 6) is -1.37. The highest BCUT2D eigenvalue weighted by atomic mass is 32.2. The highest BCUT2D eigenvalue weighted by Crippen LogP contribution is 2.24. The van der Waals surface area contributed by atoms with Crippen LogP contribution in [0.2, 0.25) is 0 Å². The summed E-state index contributed by atoms with van der Waals surface area (Å²) < 4.78 is 40.3. The van der Waals surface area contributed by atoms with Crippen molar-refractivity contribution in [1.82, 2.24) is 9.62 Å². The van der Waals surface area contributed by atoms with Crippen molar-refractivity contribution in [2.24, 2.45) is 0 Å². The Balaban J connectivity index is 1.75. The van der Waals surface area contributed by atoms with Gasteiger partial charge in [0.25, 0.3) is 11.8 Å². The van der Waals surface area contributed by atoms with Crippen molar-refractivity contribution >= 4 is 21.8 Å². The number of hydrogen-bond donors (Lipinski definition) is 1. The standard InChI is InChI=1S/C17H15FN2O4S/c1-20-16(21)14-6-5-13(10-15(14)17(20)22)25(23,24)19-8-7-11-3-2-4-12(18)9-11/h2-6,9-10,19H,7-8H2,1H3. The predicted octanol–water partition coefficient (Wildman–Crippen LogP) is 1.57. The van der Waals surface area contributed by atoms with Gasteiger partial charge in [0.05, 0.1) is 16.0 Å². The normalized spacial score (nSPS) is 14.1. The zero-order valence-corrected chi connectivity index (χ0v) is 14.1. The van der Waals surface area contributed by atoms with Crippen LogP contribution in [0.4, 0.5) is 4.39 Å². The monoisotopic (exact) mass is 362 g/mol. The first-order valence-corrected chi connectivity index (χ1v) is 8.98. The zero-order chi connectivity index (χ0) is 18.2. The maximum absolute atomic E-state index is 13.1. The van der Waals surface area contributed by atoms with Crippen molar-refractivity contribution < 1.29 is 22.4 Å². The molecular weight excluding hydrogens is 347 g/mol. The lowest BCUT2D eigenvalue weighted by Gasteiger charge is -2.08. The van der Waals surface area contributed by atoms with Gasteiger partial charge in [-0.25, -0.2) is 17.5 Å². The molecule has 3 rings (SSSR count). The van der Waals surface area contributed by atoms with Crippen LogP contribution in [-0.2, 0) is 16.4 Å². The van der Waals surface area contributed by atoms with E-state index in [4.69, 9.17) is 0 Å². The molecule has 0 radical (unpaired) electrons. The molecule has 130 valence electrons.